The molecule has 55 heavy (non-hydrogen) atoms. The van der Waals surface area contributed by atoms with Crippen molar-refractivity contribution < 1.29 is 58.2 Å². The SMILES string of the molecule is CO[C@H]1C[C@@H](C)C/C(C)=C/[C@@H](C)C(=O)C[C@H](O)[C@@H](C)[C@@H](/C(C)=C/[C@@H]2CC[C@@H](O)[C@H](OC)C2)OC(=O)[C@@H]2CCC=CN2C(=O)C(=O)[C@]2(O)O[C@H]1[C@@H](OC)C[C@H]2C. The molecule has 3 aliphatic heterocycles. The first-order valence-electron chi connectivity index (χ1n) is 19.9. The summed E-state index contributed by atoms with van der Waals surface area (Å²) >= 11 is 0. The van der Waals surface area contributed by atoms with Crippen molar-refractivity contribution in [1.82, 2.24) is 4.90 Å². The number of ketones is 2. The topological polar surface area (TPSA) is 178 Å². The Hall–Kier alpha value is -2.78. The Kier molecular flexibility index (Phi) is 16.0. The van der Waals surface area contributed by atoms with Gasteiger partial charge in [-0.15, -0.1) is 0 Å². The van der Waals surface area contributed by atoms with Gasteiger partial charge in [-0.3, -0.25) is 19.3 Å². The molecule has 1 amide bonds. The number of esters is 1. The molecule has 3 heterocycles. The standard InChI is InChI=1S/C42H65NO12/c1-23-16-24(2)18-35(52-8)38-36(53-9)20-27(5)42(50,55-38)39(47)40(48)43-15-11-10-12-30(43)41(49)54-37(28(6)33(46)22-32(45)25(3)17-23)26(4)19-29-13-14-31(44)34(21-29)51-7/h11,15,17,19,24-25,27-31,33-38,44,46,50H,10,12-14,16,18,20-22H2,1-9H3/b23-17+,26-19+/t24-,25+,27+,28+,29-,30-,31+,33-,34+,35-,36-,37+,38+,42+/m0/s1. The Bertz CT molecular complexity index is 1460. The molecule has 13 heteroatoms. The largest absolute Gasteiger partial charge is 0.456 e. The van der Waals surface area contributed by atoms with E-state index in [1.807, 2.05) is 26.0 Å². The van der Waals surface area contributed by atoms with Gasteiger partial charge in [0.1, 0.15) is 24.0 Å². The van der Waals surface area contributed by atoms with Gasteiger partial charge < -0.3 is 39.0 Å². The molecule has 0 unspecified atom stereocenters. The number of aliphatic hydroxyl groups excluding tert-OH is 2. The first-order chi connectivity index (χ1) is 25.9. The highest BCUT2D eigenvalue weighted by Gasteiger charge is 2.56. The summed E-state index contributed by atoms with van der Waals surface area (Å²) in [5.74, 6) is -7.89. The van der Waals surface area contributed by atoms with Crippen LogP contribution < -0.4 is 0 Å². The van der Waals surface area contributed by atoms with Gasteiger partial charge in [-0.1, -0.05) is 51.5 Å². The van der Waals surface area contributed by atoms with Crippen LogP contribution in [-0.4, -0.2) is 120 Å². The smallest absolute Gasteiger partial charge is 0.329 e. The zero-order valence-electron chi connectivity index (χ0n) is 34.1. The van der Waals surface area contributed by atoms with Gasteiger partial charge in [-0.05, 0) is 82.6 Å². The number of aliphatic hydroxyl groups is 3. The average molecular weight is 776 g/mol. The molecule has 2 fully saturated rings. The molecular weight excluding hydrogens is 710 g/mol. The first kappa shape index (κ1) is 44.9. The molecule has 0 aromatic carbocycles. The van der Waals surface area contributed by atoms with E-state index >= 15 is 0 Å². The van der Waals surface area contributed by atoms with E-state index in [2.05, 4.69) is 0 Å². The van der Waals surface area contributed by atoms with Gasteiger partial charge in [-0.2, -0.15) is 0 Å². The molecule has 3 N–H and O–H groups in total. The minimum absolute atomic E-state index is 0.00975. The number of allylic oxidation sites excluding steroid dienone is 4. The molecule has 0 radical (unpaired) electrons. The summed E-state index contributed by atoms with van der Waals surface area (Å²) < 4.78 is 29.6. The van der Waals surface area contributed by atoms with Gasteiger partial charge in [0, 0.05) is 51.7 Å². The Morgan fingerprint density at radius 2 is 1.55 bits per heavy atom. The van der Waals surface area contributed by atoms with Crippen LogP contribution in [0.1, 0.15) is 99.3 Å². The van der Waals surface area contributed by atoms with Crippen molar-refractivity contribution in [2.45, 2.75) is 154 Å². The third-order valence-corrected chi connectivity index (χ3v) is 12.3. The summed E-state index contributed by atoms with van der Waals surface area (Å²) in [4.78, 5) is 57.0. The number of fused-ring (bicyclic) bond motifs is 3. The maximum absolute atomic E-state index is 14.2. The van der Waals surface area contributed by atoms with Crippen molar-refractivity contribution in [3.05, 3.63) is 35.6 Å². The fourth-order valence-electron chi connectivity index (χ4n) is 8.86. The highest BCUT2D eigenvalue weighted by molar-refractivity contribution is 6.39. The molecule has 4 rings (SSSR count). The zero-order valence-corrected chi connectivity index (χ0v) is 34.1. The van der Waals surface area contributed by atoms with Crippen LogP contribution in [0, 0.1) is 29.6 Å². The van der Waals surface area contributed by atoms with E-state index in [0.29, 0.717) is 44.1 Å². The number of methoxy groups -OCH3 is 3. The number of carbonyl (C=O) groups is 4. The number of ether oxygens (including phenoxy) is 5. The Balaban J connectivity index is 1.75. The second kappa shape index (κ2) is 19.6. The maximum Gasteiger partial charge on any atom is 0.329 e. The second-order valence-electron chi connectivity index (χ2n) is 16.6. The van der Waals surface area contributed by atoms with Gasteiger partial charge in [0.25, 0.3) is 5.78 Å². The highest BCUT2D eigenvalue weighted by atomic mass is 16.7. The average Bonchev–Trinajstić information content (AvgIpc) is 3.15. The number of hydrogen-bond acceptors (Lipinski definition) is 12. The summed E-state index contributed by atoms with van der Waals surface area (Å²) in [6.45, 7) is 10.9. The summed E-state index contributed by atoms with van der Waals surface area (Å²) in [7, 11) is 4.59. The Labute approximate surface area is 326 Å². The van der Waals surface area contributed by atoms with Crippen molar-refractivity contribution in [1.29, 1.82) is 0 Å². The lowest BCUT2D eigenvalue weighted by atomic mass is 9.82. The minimum Gasteiger partial charge on any atom is -0.456 e. The van der Waals surface area contributed by atoms with Crippen LogP contribution in [0.15, 0.2) is 35.6 Å². The number of Topliss-reactive ketones (excluding diaryl/α,β-unsaturated/α-hetero) is 2. The van der Waals surface area contributed by atoms with Crippen molar-refractivity contribution in [2.75, 3.05) is 21.3 Å². The normalized spacial score (nSPS) is 41.8. The Morgan fingerprint density at radius 3 is 2.20 bits per heavy atom. The molecule has 0 spiro atoms. The van der Waals surface area contributed by atoms with E-state index in [1.54, 1.807) is 40.9 Å². The van der Waals surface area contributed by atoms with Crippen LogP contribution in [0.2, 0.25) is 0 Å². The highest BCUT2D eigenvalue weighted by Crippen LogP contribution is 2.39. The number of nitrogens with zero attached hydrogens (tertiary/aromatic N) is 1. The number of cyclic esters (lactones) is 1. The number of hydrogen-bond donors (Lipinski definition) is 3. The van der Waals surface area contributed by atoms with Gasteiger partial charge in [0.15, 0.2) is 0 Å². The van der Waals surface area contributed by atoms with Gasteiger partial charge in [0.2, 0.25) is 5.79 Å². The van der Waals surface area contributed by atoms with Crippen LogP contribution in [0.5, 0.6) is 0 Å². The number of rotatable bonds is 5. The number of amides is 1. The monoisotopic (exact) mass is 775 g/mol. The predicted octanol–water partition coefficient (Wildman–Crippen LogP) is 4.21. The molecule has 1 saturated carbocycles. The van der Waals surface area contributed by atoms with Gasteiger partial charge >= 0.3 is 11.9 Å². The van der Waals surface area contributed by atoms with Gasteiger partial charge in [-0.25, -0.2) is 4.79 Å². The number of carbonyl (C=O) groups excluding carboxylic acids is 4. The van der Waals surface area contributed by atoms with Crippen LogP contribution in [-0.2, 0) is 42.9 Å². The second-order valence-corrected chi connectivity index (χ2v) is 16.6. The summed E-state index contributed by atoms with van der Waals surface area (Å²) in [6.07, 6.45) is 5.13. The van der Waals surface area contributed by atoms with E-state index in [4.69, 9.17) is 23.7 Å². The lowest BCUT2D eigenvalue weighted by Gasteiger charge is -2.46. The Morgan fingerprint density at radius 1 is 0.891 bits per heavy atom. The van der Waals surface area contributed by atoms with Crippen LogP contribution in [0.3, 0.4) is 0 Å². The minimum atomic E-state index is -2.53. The van der Waals surface area contributed by atoms with Crippen molar-refractivity contribution in [3.8, 4) is 0 Å². The quantitative estimate of drug-likeness (QED) is 0.206. The van der Waals surface area contributed by atoms with Crippen LogP contribution >= 0.6 is 0 Å². The summed E-state index contributed by atoms with van der Waals surface area (Å²) in [5.41, 5.74) is 1.61. The van der Waals surface area contributed by atoms with Crippen molar-refractivity contribution in [2.24, 2.45) is 29.6 Å². The third kappa shape index (κ3) is 10.6. The molecule has 4 aliphatic rings. The fraction of sp³-hybridized carbons (Fsp3) is 0.762. The first-order valence-corrected chi connectivity index (χ1v) is 19.9. The van der Waals surface area contributed by atoms with E-state index < -0.39 is 83.9 Å². The molecule has 0 aromatic heterocycles. The van der Waals surface area contributed by atoms with E-state index in [9.17, 15) is 34.5 Å². The lowest BCUT2D eigenvalue weighted by molar-refractivity contribution is -0.302. The molecule has 14 atom stereocenters. The van der Waals surface area contributed by atoms with Crippen molar-refractivity contribution >= 4 is 23.4 Å². The fourth-order valence-corrected chi connectivity index (χ4v) is 8.86. The summed E-state index contributed by atoms with van der Waals surface area (Å²) in [5, 5.41) is 33.9. The van der Waals surface area contributed by atoms with E-state index in [-0.39, 0.29) is 43.0 Å². The molecular formula is C42H65NO12. The summed E-state index contributed by atoms with van der Waals surface area (Å²) in [6, 6.07) is -1.22. The van der Waals surface area contributed by atoms with Gasteiger partial charge in [0.05, 0.1) is 30.5 Å². The van der Waals surface area contributed by atoms with Crippen molar-refractivity contribution in [3.63, 3.8) is 0 Å². The molecule has 310 valence electrons. The molecule has 1 aliphatic carbocycles. The van der Waals surface area contributed by atoms with E-state index in [0.717, 1.165) is 10.5 Å². The molecule has 1 saturated heterocycles. The molecule has 0 aromatic rings. The third-order valence-electron chi connectivity index (χ3n) is 12.3. The van der Waals surface area contributed by atoms with Crippen LogP contribution in [0.4, 0.5) is 0 Å². The van der Waals surface area contributed by atoms with E-state index in [1.165, 1.54) is 20.4 Å². The maximum atomic E-state index is 14.2. The predicted molar refractivity (Wildman–Crippen MR) is 203 cm³/mol. The zero-order chi connectivity index (χ0) is 40.8. The van der Waals surface area contributed by atoms with Crippen LogP contribution in [0.25, 0.3) is 0 Å². The lowest BCUT2D eigenvalue weighted by Crippen LogP contribution is -2.64. The molecule has 13 nitrogen and oxygen atoms in total. The molecule has 2 bridgehead atoms.